The minimum absolute atomic E-state index is 0.117. The number of hydrogen-bond acceptors (Lipinski definition) is 3. The Bertz CT molecular complexity index is 224. The van der Waals surface area contributed by atoms with Crippen LogP contribution in [-0.2, 0) is 4.79 Å². The Labute approximate surface area is 98.8 Å². The van der Waals surface area contributed by atoms with Gasteiger partial charge in [-0.1, -0.05) is 13.8 Å². The van der Waals surface area contributed by atoms with E-state index in [0.717, 1.165) is 32.6 Å². The topological polar surface area (TPSA) is 49.6 Å². The van der Waals surface area contributed by atoms with Crippen molar-refractivity contribution in [2.45, 2.75) is 45.7 Å². The Kier molecular flexibility index (Phi) is 5.22. The van der Waals surface area contributed by atoms with E-state index < -0.39 is 0 Å². The molecule has 0 spiro atoms. The zero-order valence-electron chi connectivity index (χ0n) is 10.8. The summed E-state index contributed by atoms with van der Waals surface area (Å²) >= 11 is 0. The summed E-state index contributed by atoms with van der Waals surface area (Å²) in [5.41, 5.74) is 5.76. The van der Waals surface area contributed by atoms with Crippen molar-refractivity contribution in [1.29, 1.82) is 0 Å². The van der Waals surface area contributed by atoms with Crippen LogP contribution in [0.25, 0.3) is 0 Å². The normalized spacial score (nSPS) is 21.9. The predicted octanol–water partition coefficient (Wildman–Crippen LogP) is 0.666. The van der Waals surface area contributed by atoms with E-state index in [-0.39, 0.29) is 11.9 Å². The van der Waals surface area contributed by atoms with Crippen molar-refractivity contribution < 1.29 is 4.79 Å². The maximum atomic E-state index is 11.9. The van der Waals surface area contributed by atoms with Crippen molar-refractivity contribution in [3.05, 3.63) is 0 Å². The first kappa shape index (κ1) is 13.5. The van der Waals surface area contributed by atoms with Crippen LogP contribution in [-0.4, -0.2) is 54.0 Å². The molecule has 0 radical (unpaired) electrons. The lowest BCUT2D eigenvalue weighted by molar-refractivity contribution is -0.134. The predicted molar refractivity (Wildman–Crippen MR) is 66.2 cm³/mol. The highest BCUT2D eigenvalue weighted by atomic mass is 16.2. The third-order valence-electron chi connectivity index (χ3n) is 3.60. The first-order valence-corrected chi connectivity index (χ1v) is 6.38. The molecule has 0 saturated carbocycles. The van der Waals surface area contributed by atoms with Gasteiger partial charge in [0.05, 0.1) is 6.04 Å². The van der Waals surface area contributed by atoms with Crippen LogP contribution in [0.5, 0.6) is 0 Å². The van der Waals surface area contributed by atoms with Gasteiger partial charge in [-0.15, -0.1) is 0 Å². The summed E-state index contributed by atoms with van der Waals surface area (Å²) < 4.78 is 0. The van der Waals surface area contributed by atoms with E-state index in [1.54, 1.807) is 0 Å². The minimum atomic E-state index is -0.310. The second-order valence-corrected chi connectivity index (χ2v) is 4.63. The van der Waals surface area contributed by atoms with Gasteiger partial charge in [0, 0.05) is 32.2 Å². The molecule has 1 rings (SSSR count). The summed E-state index contributed by atoms with van der Waals surface area (Å²) in [7, 11) is 0. The van der Waals surface area contributed by atoms with Crippen LogP contribution < -0.4 is 5.73 Å². The van der Waals surface area contributed by atoms with Crippen LogP contribution in [0.15, 0.2) is 0 Å². The summed E-state index contributed by atoms with van der Waals surface area (Å²) in [4.78, 5) is 16.2. The molecule has 1 saturated heterocycles. The van der Waals surface area contributed by atoms with Crippen molar-refractivity contribution in [3.8, 4) is 0 Å². The van der Waals surface area contributed by atoms with Crippen LogP contribution in [0.1, 0.15) is 33.6 Å². The molecule has 2 atom stereocenters. The lowest BCUT2D eigenvalue weighted by Crippen LogP contribution is -2.54. The highest BCUT2D eigenvalue weighted by molar-refractivity contribution is 5.81. The summed E-state index contributed by atoms with van der Waals surface area (Å²) in [5.74, 6) is 0.117. The van der Waals surface area contributed by atoms with Gasteiger partial charge in [0.25, 0.3) is 0 Å². The molecule has 4 heteroatoms. The molecule has 16 heavy (non-hydrogen) atoms. The third-order valence-corrected chi connectivity index (χ3v) is 3.60. The molecule has 94 valence electrons. The maximum absolute atomic E-state index is 11.9. The molecule has 0 aromatic carbocycles. The molecule has 1 fully saturated rings. The number of carbonyl (C=O) groups excluding carboxylic acids is 1. The fourth-order valence-electron chi connectivity index (χ4n) is 2.05. The number of rotatable bonds is 4. The van der Waals surface area contributed by atoms with Gasteiger partial charge >= 0.3 is 0 Å². The molecule has 1 heterocycles. The van der Waals surface area contributed by atoms with E-state index >= 15 is 0 Å². The summed E-state index contributed by atoms with van der Waals surface area (Å²) in [6.45, 7) is 10.0. The van der Waals surface area contributed by atoms with E-state index in [1.807, 2.05) is 11.8 Å². The molecule has 1 unspecified atom stereocenters. The largest absolute Gasteiger partial charge is 0.339 e. The zero-order chi connectivity index (χ0) is 12.1. The molecule has 1 aliphatic rings. The molecular formula is C12H25N3O. The average molecular weight is 227 g/mol. The second kappa shape index (κ2) is 6.21. The molecular weight excluding hydrogens is 202 g/mol. The number of amides is 1. The number of carbonyl (C=O) groups is 1. The van der Waals surface area contributed by atoms with E-state index in [4.69, 9.17) is 5.73 Å². The van der Waals surface area contributed by atoms with Crippen LogP contribution in [0.4, 0.5) is 0 Å². The number of nitrogens with zero attached hydrogens (tertiary/aromatic N) is 2. The van der Waals surface area contributed by atoms with Crippen LogP contribution >= 0.6 is 0 Å². The van der Waals surface area contributed by atoms with E-state index in [2.05, 4.69) is 18.7 Å². The molecule has 2 N–H and O–H groups in total. The number of nitrogens with two attached hydrogens (primary N) is 1. The first-order chi connectivity index (χ1) is 7.60. The van der Waals surface area contributed by atoms with Crippen molar-refractivity contribution in [2.24, 2.45) is 5.73 Å². The van der Waals surface area contributed by atoms with Crippen molar-refractivity contribution in [1.82, 2.24) is 9.80 Å². The van der Waals surface area contributed by atoms with Crippen molar-refractivity contribution >= 4 is 5.91 Å². The van der Waals surface area contributed by atoms with Crippen LogP contribution in [0.3, 0.4) is 0 Å². The number of hydrogen-bond donors (Lipinski definition) is 1. The first-order valence-electron chi connectivity index (χ1n) is 6.38. The molecule has 1 aliphatic heterocycles. The molecule has 0 aromatic heterocycles. The van der Waals surface area contributed by atoms with Crippen molar-refractivity contribution in [2.75, 3.05) is 26.2 Å². The van der Waals surface area contributed by atoms with Crippen LogP contribution in [0.2, 0.25) is 0 Å². The van der Waals surface area contributed by atoms with E-state index in [0.29, 0.717) is 6.04 Å². The van der Waals surface area contributed by atoms with Crippen molar-refractivity contribution in [3.63, 3.8) is 0 Å². The fourth-order valence-corrected chi connectivity index (χ4v) is 2.05. The molecule has 0 bridgehead atoms. The minimum Gasteiger partial charge on any atom is -0.339 e. The fraction of sp³-hybridized carbons (Fsp3) is 0.917. The van der Waals surface area contributed by atoms with Gasteiger partial charge in [0.15, 0.2) is 0 Å². The van der Waals surface area contributed by atoms with E-state index in [9.17, 15) is 4.79 Å². The lowest BCUT2D eigenvalue weighted by atomic mass is 10.1. The molecule has 4 nitrogen and oxygen atoms in total. The smallest absolute Gasteiger partial charge is 0.239 e. The van der Waals surface area contributed by atoms with Gasteiger partial charge in [-0.2, -0.15) is 0 Å². The Hall–Kier alpha value is -0.610. The highest BCUT2D eigenvalue weighted by Gasteiger charge is 2.25. The monoisotopic (exact) mass is 227 g/mol. The Morgan fingerprint density at radius 1 is 1.19 bits per heavy atom. The van der Waals surface area contributed by atoms with Gasteiger partial charge in [0.1, 0.15) is 0 Å². The number of piperazine rings is 1. The SMILES string of the molecule is CCC(C)N1CCN(C(=O)[C@H](N)CC)CC1. The zero-order valence-corrected chi connectivity index (χ0v) is 10.8. The molecule has 0 aromatic rings. The summed E-state index contributed by atoms with van der Waals surface area (Å²) in [6.07, 6.45) is 1.90. The maximum Gasteiger partial charge on any atom is 0.239 e. The van der Waals surface area contributed by atoms with E-state index in [1.165, 1.54) is 6.42 Å². The van der Waals surface area contributed by atoms with Gasteiger partial charge in [0.2, 0.25) is 5.91 Å². The van der Waals surface area contributed by atoms with Crippen LogP contribution in [0, 0.1) is 0 Å². The molecule has 0 aliphatic carbocycles. The summed E-state index contributed by atoms with van der Waals surface area (Å²) in [5, 5.41) is 0. The molecule has 1 amide bonds. The highest BCUT2D eigenvalue weighted by Crippen LogP contribution is 2.09. The van der Waals surface area contributed by atoms with Gasteiger partial charge in [-0.3, -0.25) is 9.69 Å². The summed E-state index contributed by atoms with van der Waals surface area (Å²) in [6, 6.07) is 0.312. The second-order valence-electron chi connectivity index (χ2n) is 4.63. The Morgan fingerprint density at radius 2 is 1.75 bits per heavy atom. The van der Waals surface area contributed by atoms with Gasteiger partial charge in [-0.05, 0) is 19.8 Å². The lowest BCUT2D eigenvalue weighted by Gasteiger charge is -2.38. The van der Waals surface area contributed by atoms with Gasteiger partial charge in [-0.25, -0.2) is 0 Å². The Balaban J connectivity index is 2.40. The quantitative estimate of drug-likeness (QED) is 0.768. The third kappa shape index (κ3) is 3.19. The standard InChI is InChI=1S/C12H25N3O/c1-4-10(3)14-6-8-15(9-7-14)12(16)11(13)5-2/h10-11H,4-9,13H2,1-3H3/t10?,11-/m1/s1. The Morgan fingerprint density at radius 3 is 2.19 bits per heavy atom. The average Bonchev–Trinajstić information content (AvgIpc) is 2.36. The van der Waals surface area contributed by atoms with Gasteiger partial charge < -0.3 is 10.6 Å².